The van der Waals surface area contributed by atoms with Crippen molar-refractivity contribution in [1.82, 2.24) is 14.7 Å². The maximum Gasteiger partial charge on any atom is 0.322 e. The predicted molar refractivity (Wildman–Crippen MR) is 145 cm³/mol. The van der Waals surface area contributed by atoms with Gasteiger partial charge in [0.15, 0.2) is 0 Å². The highest BCUT2D eigenvalue weighted by atomic mass is 19.1. The number of amides is 3. The van der Waals surface area contributed by atoms with E-state index < -0.39 is 0 Å². The Kier molecular flexibility index (Phi) is 9.93. The van der Waals surface area contributed by atoms with Crippen molar-refractivity contribution in [2.24, 2.45) is 0 Å². The van der Waals surface area contributed by atoms with Crippen molar-refractivity contribution in [3.63, 3.8) is 0 Å². The van der Waals surface area contributed by atoms with Gasteiger partial charge in [0.1, 0.15) is 29.6 Å². The summed E-state index contributed by atoms with van der Waals surface area (Å²) in [7, 11) is 1.58. The number of halogens is 1. The topological polar surface area (TPSA) is 87.5 Å². The van der Waals surface area contributed by atoms with Crippen LogP contribution < -0.4 is 10.1 Å². The van der Waals surface area contributed by atoms with E-state index in [9.17, 15) is 14.0 Å². The van der Waals surface area contributed by atoms with Gasteiger partial charge in [-0.1, -0.05) is 12.1 Å². The molecule has 0 unspecified atom stereocenters. The van der Waals surface area contributed by atoms with Gasteiger partial charge in [-0.05, 0) is 61.0 Å². The SMILES string of the molecule is COc1ccc(NC(=O)N(CCN2CCOCC2)CC(=O)N(Cc2ccc(F)cc2)Cc2ccc(C)o2)cc1. The summed E-state index contributed by atoms with van der Waals surface area (Å²) < 4.78 is 29.8. The highest BCUT2D eigenvalue weighted by Crippen LogP contribution is 2.17. The zero-order chi connectivity index (χ0) is 27.6. The number of aryl methyl sites for hydroxylation is 1. The highest BCUT2D eigenvalue weighted by molar-refractivity contribution is 5.92. The van der Waals surface area contributed by atoms with Crippen molar-refractivity contribution in [2.45, 2.75) is 20.0 Å². The fraction of sp³-hybridized carbons (Fsp3) is 0.379. The third-order valence-corrected chi connectivity index (χ3v) is 6.53. The molecule has 0 radical (unpaired) electrons. The average Bonchev–Trinajstić information content (AvgIpc) is 3.37. The maximum absolute atomic E-state index is 13.7. The van der Waals surface area contributed by atoms with E-state index in [1.54, 1.807) is 48.4 Å². The first-order chi connectivity index (χ1) is 18.9. The summed E-state index contributed by atoms with van der Waals surface area (Å²) >= 11 is 0. The summed E-state index contributed by atoms with van der Waals surface area (Å²) in [6, 6.07) is 16.3. The third kappa shape index (κ3) is 8.56. The highest BCUT2D eigenvalue weighted by Gasteiger charge is 2.24. The number of morpholine rings is 1. The van der Waals surface area contributed by atoms with Crippen LogP contribution in [0.2, 0.25) is 0 Å². The van der Waals surface area contributed by atoms with Gasteiger partial charge in [0, 0.05) is 38.4 Å². The van der Waals surface area contributed by atoms with Gasteiger partial charge in [-0.3, -0.25) is 9.69 Å². The smallest absolute Gasteiger partial charge is 0.322 e. The molecule has 1 N–H and O–H groups in total. The van der Waals surface area contributed by atoms with Crippen molar-refractivity contribution >= 4 is 17.6 Å². The minimum atomic E-state index is -0.377. The number of carbonyl (C=O) groups excluding carboxylic acids is 2. The molecular formula is C29H35FN4O5. The molecular weight excluding hydrogens is 503 g/mol. The van der Waals surface area contributed by atoms with Crippen molar-refractivity contribution in [3.05, 3.63) is 83.6 Å². The molecule has 0 aliphatic carbocycles. The van der Waals surface area contributed by atoms with Crippen LogP contribution in [0, 0.1) is 12.7 Å². The Hall–Kier alpha value is -3.89. The molecule has 3 amide bonds. The van der Waals surface area contributed by atoms with E-state index in [0.717, 1.165) is 24.4 Å². The monoisotopic (exact) mass is 538 g/mol. The van der Waals surface area contributed by atoms with Gasteiger partial charge in [0.05, 0.1) is 26.9 Å². The number of urea groups is 1. The van der Waals surface area contributed by atoms with E-state index in [-0.39, 0.29) is 37.4 Å². The zero-order valence-electron chi connectivity index (χ0n) is 22.4. The Balaban J connectivity index is 1.49. The fourth-order valence-corrected chi connectivity index (χ4v) is 4.28. The molecule has 1 aliphatic heterocycles. The second-order valence-electron chi connectivity index (χ2n) is 9.42. The molecule has 0 bridgehead atoms. The number of hydrogen-bond donors (Lipinski definition) is 1. The lowest BCUT2D eigenvalue weighted by atomic mass is 10.2. The van der Waals surface area contributed by atoms with Crippen LogP contribution >= 0.6 is 0 Å². The summed E-state index contributed by atoms with van der Waals surface area (Å²) in [6.45, 7) is 5.99. The Morgan fingerprint density at radius 1 is 0.974 bits per heavy atom. The van der Waals surface area contributed by atoms with Crippen LogP contribution in [-0.2, 0) is 22.6 Å². The Labute approximate surface area is 228 Å². The van der Waals surface area contributed by atoms with Crippen LogP contribution in [-0.4, -0.2) is 79.7 Å². The number of furan rings is 1. The number of nitrogens with one attached hydrogen (secondary N) is 1. The van der Waals surface area contributed by atoms with Gasteiger partial charge in [-0.25, -0.2) is 9.18 Å². The van der Waals surface area contributed by atoms with E-state index in [2.05, 4.69) is 10.2 Å². The first kappa shape index (κ1) is 28.1. The molecule has 39 heavy (non-hydrogen) atoms. The first-order valence-corrected chi connectivity index (χ1v) is 13.0. The molecule has 1 fully saturated rings. The van der Waals surface area contributed by atoms with Gasteiger partial charge in [0.25, 0.3) is 0 Å². The molecule has 1 saturated heterocycles. The van der Waals surface area contributed by atoms with Gasteiger partial charge < -0.3 is 29.0 Å². The van der Waals surface area contributed by atoms with Crippen molar-refractivity contribution in [1.29, 1.82) is 0 Å². The number of carbonyl (C=O) groups is 2. The minimum absolute atomic E-state index is 0.132. The van der Waals surface area contributed by atoms with Crippen molar-refractivity contribution in [2.75, 3.05) is 58.4 Å². The number of nitrogens with zero attached hydrogens (tertiary/aromatic N) is 3. The molecule has 0 spiro atoms. The Morgan fingerprint density at radius 2 is 1.69 bits per heavy atom. The molecule has 208 valence electrons. The number of rotatable bonds is 11. The number of ether oxygens (including phenoxy) is 2. The summed E-state index contributed by atoms with van der Waals surface area (Å²) in [5, 5.41) is 2.89. The molecule has 3 aromatic rings. The second kappa shape index (κ2) is 13.8. The molecule has 1 aliphatic rings. The average molecular weight is 539 g/mol. The first-order valence-electron chi connectivity index (χ1n) is 13.0. The lowest BCUT2D eigenvalue weighted by Gasteiger charge is -2.31. The standard InChI is InChI=1S/C29H35FN4O5/c1-22-3-10-27(39-22)20-34(19-23-4-6-24(30)7-5-23)28(35)21-33(14-13-32-15-17-38-18-16-32)29(36)31-25-8-11-26(37-2)12-9-25/h3-12H,13-21H2,1-2H3,(H,31,36). The lowest BCUT2D eigenvalue weighted by Crippen LogP contribution is -2.48. The molecule has 1 aromatic heterocycles. The number of anilines is 1. The largest absolute Gasteiger partial charge is 0.497 e. The van der Waals surface area contributed by atoms with Crippen LogP contribution in [0.3, 0.4) is 0 Å². The van der Waals surface area contributed by atoms with Crippen molar-refractivity contribution in [3.8, 4) is 5.75 Å². The molecule has 2 aromatic carbocycles. The molecule has 2 heterocycles. The van der Waals surface area contributed by atoms with Gasteiger partial charge in [-0.2, -0.15) is 0 Å². The quantitative estimate of drug-likeness (QED) is 0.395. The fourth-order valence-electron chi connectivity index (χ4n) is 4.28. The van der Waals surface area contributed by atoms with E-state index in [1.165, 1.54) is 17.0 Å². The molecule has 0 saturated carbocycles. The Morgan fingerprint density at radius 3 is 2.33 bits per heavy atom. The van der Waals surface area contributed by atoms with Crippen LogP contribution in [0.15, 0.2) is 65.1 Å². The number of methoxy groups -OCH3 is 1. The van der Waals surface area contributed by atoms with Gasteiger partial charge in [0.2, 0.25) is 5.91 Å². The maximum atomic E-state index is 13.7. The normalized spacial score (nSPS) is 13.6. The second-order valence-corrected chi connectivity index (χ2v) is 9.42. The Bertz CT molecular complexity index is 1210. The van der Waals surface area contributed by atoms with Gasteiger partial charge in [-0.15, -0.1) is 0 Å². The van der Waals surface area contributed by atoms with E-state index in [1.807, 2.05) is 19.1 Å². The summed E-state index contributed by atoms with van der Waals surface area (Å²) in [6.07, 6.45) is 0. The van der Waals surface area contributed by atoms with Crippen LogP contribution in [0.4, 0.5) is 14.9 Å². The molecule has 10 heteroatoms. The third-order valence-electron chi connectivity index (χ3n) is 6.53. The minimum Gasteiger partial charge on any atom is -0.497 e. The predicted octanol–water partition coefficient (Wildman–Crippen LogP) is 4.13. The van der Waals surface area contributed by atoms with E-state index >= 15 is 0 Å². The van der Waals surface area contributed by atoms with Gasteiger partial charge >= 0.3 is 6.03 Å². The lowest BCUT2D eigenvalue weighted by molar-refractivity contribution is -0.133. The number of benzene rings is 2. The van der Waals surface area contributed by atoms with Crippen molar-refractivity contribution < 1.29 is 27.9 Å². The summed E-state index contributed by atoms with van der Waals surface area (Å²) in [4.78, 5) is 32.4. The summed E-state index contributed by atoms with van der Waals surface area (Å²) in [5.41, 5.74) is 1.37. The zero-order valence-corrected chi connectivity index (χ0v) is 22.4. The van der Waals surface area contributed by atoms with E-state index in [0.29, 0.717) is 43.5 Å². The van der Waals surface area contributed by atoms with Crippen LogP contribution in [0.1, 0.15) is 17.1 Å². The van der Waals surface area contributed by atoms with E-state index in [4.69, 9.17) is 13.9 Å². The summed E-state index contributed by atoms with van der Waals surface area (Å²) in [5.74, 6) is 1.45. The van der Waals surface area contributed by atoms with Crippen LogP contribution in [0.5, 0.6) is 5.75 Å². The molecule has 4 rings (SSSR count). The molecule has 9 nitrogen and oxygen atoms in total. The molecule has 0 atom stereocenters. The number of hydrogen-bond acceptors (Lipinski definition) is 6. The van der Waals surface area contributed by atoms with Crippen LogP contribution in [0.25, 0.3) is 0 Å².